The molecule has 0 N–H and O–H groups in total. The maximum Gasteiger partial charge on any atom is 0.339 e. The van der Waals surface area contributed by atoms with Crippen LogP contribution in [0.2, 0.25) is 0 Å². The predicted octanol–water partition coefficient (Wildman–Crippen LogP) is 5.17. The fraction of sp³-hybridized carbons (Fsp3) is 0.222. The third kappa shape index (κ3) is 3.40. The molecular formula is C27H24N2O3. The first-order valence-electron chi connectivity index (χ1n) is 10.9. The van der Waals surface area contributed by atoms with E-state index in [1.807, 2.05) is 79.1 Å². The molecular weight excluding hydrogens is 400 g/mol. The summed E-state index contributed by atoms with van der Waals surface area (Å²) >= 11 is 0. The van der Waals surface area contributed by atoms with Crippen LogP contribution in [0.1, 0.15) is 49.8 Å². The van der Waals surface area contributed by atoms with Crippen molar-refractivity contribution in [3.63, 3.8) is 0 Å². The zero-order valence-electron chi connectivity index (χ0n) is 18.2. The van der Waals surface area contributed by atoms with Crippen molar-refractivity contribution in [2.45, 2.75) is 33.1 Å². The van der Waals surface area contributed by atoms with E-state index in [4.69, 9.17) is 9.72 Å². The second-order valence-corrected chi connectivity index (χ2v) is 8.24. The summed E-state index contributed by atoms with van der Waals surface area (Å²) < 4.78 is 7.60. The lowest BCUT2D eigenvalue weighted by molar-refractivity contribution is 0.0475. The molecule has 0 radical (unpaired) electrons. The molecule has 1 aliphatic rings. The van der Waals surface area contributed by atoms with Crippen LogP contribution in [0, 0.1) is 13.8 Å². The number of fused-ring (bicyclic) bond motifs is 2. The Labute approximate surface area is 186 Å². The average molecular weight is 425 g/mol. The number of carbonyl (C=O) groups excluding carboxylic acids is 2. The molecule has 4 aromatic rings. The molecule has 0 unspecified atom stereocenters. The number of hydrogen-bond acceptors (Lipinski definition) is 4. The van der Waals surface area contributed by atoms with Gasteiger partial charge in [-0.25, -0.2) is 4.79 Å². The third-order valence-electron chi connectivity index (χ3n) is 6.20. The van der Waals surface area contributed by atoms with Crippen molar-refractivity contribution in [1.82, 2.24) is 9.55 Å². The normalized spacial score (nSPS) is 12.7. The largest absolute Gasteiger partial charge is 0.454 e. The molecule has 0 spiro atoms. The Bertz CT molecular complexity index is 1350. The number of carbonyl (C=O) groups is 2. The zero-order valence-corrected chi connectivity index (χ0v) is 18.2. The van der Waals surface area contributed by atoms with Crippen LogP contribution in [-0.2, 0) is 17.6 Å². The van der Waals surface area contributed by atoms with Crippen molar-refractivity contribution in [3.8, 4) is 5.69 Å². The average Bonchev–Trinajstić information content (AvgIpc) is 3.39. The van der Waals surface area contributed by atoms with Gasteiger partial charge in [0.2, 0.25) is 5.78 Å². The van der Waals surface area contributed by atoms with Gasteiger partial charge in [0, 0.05) is 33.7 Å². The SMILES string of the molecule is Cc1cc(C(=O)COC(=O)c2c3c(nc4ccccc24)CCC3)c(C)n1-c1ccccc1. The first kappa shape index (κ1) is 20.2. The summed E-state index contributed by atoms with van der Waals surface area (Å²) in [6, 6.07) is 19.4. The molecule has 5 nitrogen and oxygen atoms in total. The number of para-hydroxylation sites is 2. The van der Waals surface area contributed by atoms with E-state index in [1.54, 1.807) is 0 Å². The number of aromatic nitrogens is 2. The molecule has 2 aromatic heterocycles. The lowest BCUT2D eigenvalue weighted by Gasteiger charge is -2.12. The minimum absolute atomic E-state index is 0.205. The van der Waals surface area contributed by atoms with Gasteiger partial charge in [0.05, 0.1) is 11.1 Å². The summed E-state index contributed by atoms with van der Waals surface area (Å²) in [7, 11) is 0. The molecule has 1 aliphatic carbocycles. The van der Waals surface area contributed by atoms with Gasteiger partial charge in [0.1, 0.15) is 0 Å². The minimum Gasteiger partial charge on any atom is -0.454 e. The number of rotatable bonds is 5. The number of nitrogens with zero attached hydrogens (tertiary/aromatic N) is 2. The number of ether oxygens (including phenoxy) is 1. The number of pyridine rings is 1. The summed E-state index contributed by atoms with van der Waals surface area (Å²) in [6.45, 7) is 3.59. The van der Waals surface area contributed by atoms with Crippen molar-refractivity contribution < 1.29 is 14.3 Å². The Kier molecular flexibility index (Phi) is 5.10. The Morgan fingerprint density at radius 1 is 1.00 bits per heavy atom. The van der Waals surface area contributed by atoms with E-state index >= 15 is 0 Å². The lowest BCUT2D eigenvalue weighted by Crippen LogP contribution is -2.17. The van der Waals surface area contributed by atoms with Crippen LogP contribution in [-0.4, -0.2) is 27.9 Å². The van der Waals surface area contributed by atoms with Gasteiger partial charge in [-0.3, -0.25) is 9.78 Å². The van der Waals surface area contributed by atoms with Gasteiger partial charge in [-0.2, -0.15) is 0 Å². The van der Waals surface area contributed by atoms with E-state index in [1.165, 1.54) is 0 Å². The maximum absolute atomic E-state index is 13.1. The summed E-state index contributed by atoms with van der Waals surface area (Å²) in [5.74, 6) is -0.657. The van der Waals surface area contributed by atoms with Gasteiger partial charge in [-0.15, -0.1) is 0 Å². The Morgan fingerprint density at radius 3 is 2.56 bits per heavy atom. The van der Waals surface area contributed by atoms with E-state index in [9.17, 15) is 9.59 Å². The highest BCUT2D eigenvalue weighted by molar-refractivity contribution is 6.07. The van der Waals surface area contributed by atoms with Crippen molar-refractivity contribution in [1.29, 1.82) is 0 Å². The van der Waals surface area contributed by atoms with Crippen LogP contribution in [0.3, 0.4) is 0 Å². The van der Waals surface area contributed by atoms with Gasteiger partial charge >= 0.3 is 5.97 Å². The molecule has 0 atom stereocenters. The van der Waals surface area contributed by atoms with E-state index in [0.717, 1.165) is 58.5 Å². The van der Waals surface area contributed by atoms with Gasteiger partial charge in [-0.1, -0.05) is 36.4 Å². The molecule has 32 heavy (non-hydrogen) atoms. The molecule has 0 fully saturated rings. The first-order valence-corrected chi connectivity index (χ1v) is 10.9. The van der Waals surface area contributed by atoms with Crippen molar-refractivity contribution in [3.05, 3.63) is 94.4 Å². The molecule has 5 rings (SSSR count). The van der Waals surface area contributed by atoms with Crippen LogP contribution in [0.15, 0.2) is 60.7 Å². The summed E-state index contributed by atoms with van der Waals surface area (Å²) in [6.07, 6.45) is 2.65. The van der Waals surface area contributed by atoms with E-state index in [2.05, 4.69) is 0 Å². The number of benzene rings is 2. The number of hydrogen-bond donors (Lipinski definition) is 0. The molecule has 0 saturated carbocycles. The van der Waals surface area contributed by atoms with Crippen LogP contribution in [0.5, 0.6) is 0 Å². The molecule has 0 bridgehead atoms. The standard InChI is InChI=1S/C27H24N2O3/c1-17-15-22(18(2)29(17)19-9-4-3-5-10-19)25(30)16-32-27(31)26-20-11-6-7-13-23(20)28-24-14-8-12-21(24)26/h3-7,9-11,13,15H,8,12,14,16H2,1-2H3. The van der Waals surface area contributed by atoms with Crippen LogP contribution in [0.4, 0.5) is 0 Å². The summed E-state index contributed by atoms with van der Waals surface area (Å²) in [5, 5.41) is 0.785. The summed E-state index contributed by atoms with van der Waals surface area (Å²) in [4.78, 5) is 30.8. The first-order chi connectivity index (χ1) is 15.5. The minimum atomic E-state index is -0.452. The van der Waals surface area contributed by atoms with Crippen LogP contribution >= 0.6 is 0 Å². The Hall–Kier alpha value is -3.73. The van der Waals surface area contributed by atoms with Crippen LogP contribution in [0.25, 0.3) is 16.6 Å². The molecule has 0 saturated heterocycles. The topological polar surface area (TPSA) is 61.2 Å². The summed E-state index contributed by atoms with van der Waals surface area (Å²) in [5.41, 5.74) is 6.65. The third-order valence-corrected chi connectivity index (χ3v) is 6.20. The van der Waals surface area contributed by atoms with Crippen molar-refractivity contribution in [2.75, 3.05) is 6.61 Å². The quantitative estimate of drug-likeness (QED) is 0.328. The fourth-order valence-electron chi connectivity index (χ4n) is 4.74. The molecule has 0 amide bonds. The Balaban J connectivity index is 1.41. The number of Topliss-reactive ketones (excluding diaryl/α,β-unsaturated/α-hetero) is 1. The molecule has 160 valence electrons. The highest BCUT2D eigenvalue weighted by atomic mass is 16.5. The van der Waals surface area contributed by atoms with Crippen molar-refractivity contribution in [2.24, 2.45) is 0 Å². The Morgan fingerprint density at radius 2 is 1.75 bits per heavy atom. The van der Waals surface area contributed by atoms with E-state index in [-0.39, 0.29) is 12.4 Å². The van der Waals surface area contributed by atoms with Crippen molar-refractivity contribution >= 4 is 22.7 Å². The molecule has 0 aliphatic heterocycles. The smallest absolute Gasteiger partial charge is 0.339 e. The van der Waals surface area contributed by atoms with E-state index in [0.29, 0.717) is 11.1 Å². The number of ketones is 1. The number of esters is 1. The van der Waals surface area contributed by atoms with Gasteiger partial charge in [0.25, 0.3) is 0 Å². The molecule has 5 heteroatoms. The highest BCUT2D eigenvalue weighted by Crippen LogP contribution is 2.30. The van der Waals surface area contributed by atoms with Crippen LogP contribution < -0.4 is 0 Å². The molecule has 2 heterocycles. The zero-order chi connectivity index (χ0) is 22.2. The predicted molar refractivity (Wildman–Crippen MR) is 124 cm³/mol. The van der Waals surface area contributed by atoms with Gasteiger partial charge in [-0.05, 0) is 62.9 Å². The highest BCUT2D eigenvalue weighted by Gasteiger charge is 2.26. The second kappa shape index (κ2) is 8.08. The maximum atomic E-state index is 13.1. The molecule has 2 aromatic carbocycles. The second-order valence-electron chi connectivity index (χ2n) is 8.24. The van der Waals surface area contributed by atoms with Gasteiger partial charge < -0.3 is 9.30 Å². The van der Waals surface area contributed by atoms with E-state index < -0.39 is 5.97 Å². The fourth-order valence-corrected chi connectivity index (χ4v) is 4.74. The monoisotopic (exact) mass is 424 g/mol. The van der Waals surface area contributed by atoms with Gasteiger partial charge in [0.15, 0.2) is 6.61 Å². The number of aryl methyl sites for hydroxylation is 2. The lowest BCUT2D eigenvalue weighted by atomic mass is 10.0.